The van der Waals surface area contributed by atoms with Crippen molar-refractivity contribution < 1.29 is 22.8 Å². The van der Waals surface area contributed by atoms with Gasteiger partial charge in [0.25, 0.3) is 11.8 Å². The van der Waals surface area contributed by atoms with E-state index in [1.807, 2.05) is 6.07 Å². The van der Waals surface area contributed by atoms with Crippen LogP contribution < -0.4 is 10.2 Å². The molecule has 34 heavy (non-hydrogen) atoms. The van der Waals surface area contributed by atoms with Crippen LogP contribution in [0.3, 0.4) is 0 Å². The number of thioether (sulfide) groups is 1. The molecule has 5 rings (SSSR count). The van der Waals surface area contributed by atoms with Crippen molar-refractivity contribution in [2.24, 2.45) is 0 Å². The molecule has 3 aliphatic rings. The minimum absolute atomic E-state index is 0.00665. The molecular formula is C23H19N3O5S3. The topological polar surface area (TPSA) is 104 Å². The van der Waals surface area contributed by atoms with E-state index in [0.29, 0.717) is 23.4 Å². The number of amides is 3. The van der Waals surface area contributed by atoms with Crippen LogP contribution in [0.15, 0.2) is 59.5 Å². The first-order valence-electron chi connectivity index (χ1n) is 10.5. The lowest BCUT2D eigenvalue weighted by atomic mass is 10.1. The normalized spacial score (nSPS) is 23.5. The van der Waals surface area contributed by atoms with Crippen molar-refractivity contribution >= 4 is 72.8 Å². The molecule has 2 aromatic rings. The molecule has 174 valence electrons. The fraction of sp³-hybridized carbons (Fsp3) is 0.217. The maximum absolute atomic E-state index is 13.5. The molecule has 8 nitrogen and oxygen atoms in total. The molecule has 0 spiro atoms. The maximum atomic E-state index is 13.5. The van der Waals surface area contributed by atoms with Crippen LogP contribution >= 0.6 is 24.0 Å². The van der Waals surface area contributed by atoms with Crippen molar-refractivity contribution in [3.8, 4) is 0 Å². The lowest BCUT2D eigenvalue weighted by molar-refractivity contribution is -0.123. The Morgan fingerprint density at radius 1 is 1.06 bits per heavy atom. The van der Waals surface area contributed by atoms with Gasteiger partial charge in [-0.3, -0.25) is 24.2 Å². The predicted octanol–water partition coefficient (Wildman–Crippen LogP) is 2.43. The number of anilines is 2. The highest BCUT2D eigenvalue weighted by Gasteiger charge is 2.46. The molecule has 3 amide bonds. The second-order valence-electron chi connectivity index (χ2n) is 8.13. The van der Waals surface area contributed by atoms with Gasteiger partial charge in [-0.2, -0.15) is 0 Å². The second kappa shape index (κ2) is 8.64. The Hall–Kier alpha value is -3.02. The van der Waals surface area contributed by atoms with Gasteiger partial charge in [0.1, 0.15) is 10.9 Å². The number of hydrogen-bond donors (Lipinski definition) is 1. The first-order chi connectivity index (χ1) is 16.2. The predicted molar refractivity (Wildman–Crippen MR) is 135 cm³/mol. The number of para-hydroxylation sites is 2. The minimum Gasteiger partial charge on any atom is -0.325 e. The highest BCUT2D eigenvalue weighted by atomic mass is 32.2. The van der Waals surface area contributed by atoms with Crippen molar-refractivity contribution in [3.05, 3.63) is 65.1 Å². The largest absolute Gasteiger partial charge is 0.325 e. The number of benzene rings is 2. The van der Waals surface area contributed by atoms with Crippen LogP contribution in [-0.2, 0) is 24.2 Å². The highest BCUT2D eigenvalue weighted by molar-refractivity contribution is 8.26. The molecule has 0 unspecified atom stereocenters. The van der Waals surface area contributed by atoms with Crippen LogP contribution in [0.1, 0.15) is 12.0 Å². The van der Waals surface area contributed by atoms with E-state index in [9.17, 15) is 22.8 Å². The summed E-state index contributed by atoms with van der Waals surface area (Å²) in [4.78, 5) is 42.3. The summed E-state index contributed by atoms with van der Waals surface area (Å²) in [6, 6.07) is 15.3. The van der Waals surface area contributed by atoms with Crippen LogP contribution in [0, 0.1) is 0 Å². The summed E-state index contributed by atoms with van der Waals surface area (Å²) >= 11 is 6.40. The van der Waals surface area contributed by atoms with Crippen molar-refractivity contribution in [2.75, 3.05) is 28.3 Å². The summed E-state index contributed by atoms with van der Waals surface area (Å²) in [5.41, 5.74) is 1.86. The number of thiocarbonyl (C=S) groups is 1. The summed E-state index contributed by atoms with van der Waals surface area (Å²) < 4.78 is 24.1. The Morgan fingerprint density at radius 3 is 2.47 bits per heavy atom. The molecule has 3 aliphatic heterocycles. The van der Waals surface area contributed by atoms with Crippen LogP contribution in [-0.4, -0.2) is 59.5 Å². The van der Waals surface area contributed by atoms with E-state index in [1.54, 1.807) is 48.5 Å². The molecule has 11 heteroatoms. The average Bonchev–Trinajstić information content (AvgIpc) is 3.39. The Bertz CT molecular complexity index is 1370. The van der Waals surface area contributed by atoms with E-state index in [-0.39, 0.29) is 38.8 Å². The van der Waals surface area contributed by atoms with Crippen molar-refractivity contribution in [3.63, 3.8) is 0 Å². The molecule has 2 saturated heterocycles. The van der Waals surface area contributed by atoms with Gasteiger partial charge in [-0.05, 0) is 24.6 Å². The van der Waals surface area contributed by atoms with Gasteiger partial charge in [-0.15, -0.1) is 0 Å². The first-order valence-corrected chi connectivity index (χ1v) is 13.6. The Kier molecular flexibility index (Phi) is 5.78. The number of nitrogens with one attached hydrogen (secondary N) is 1. The van der Waals surface area contributed by atoms with Gasteiger partial charge in [0, 0.05) is 11.3 Å². The zero-order valence-corrected chi connectivity index (χ0v) is 20.2. The van der Waals surface area contributed by atoms with Crippen LogP contribution in [0.5, 0.6) is 0 Å². The van der Waals surface area contributed by atoms with E-state index in [1.165, 1.54) is 9.80 Å². The molecule has 0 radical (unpaired) electrons. The molecule has 1 atom stereocenters. The van der Waals surface area contributed by atoms with Crippen LogP contribution in [0.4, 0.5) is 11.4 Å². The van der Waals surface area contributed by atoms with Gasteiger partial charge >= 0.3 is 0 Å². The van der Waals surface area contributed by atoms with E-state index in [4.69, 9.17) is 12.2 Å². The van der Waals surface area contributed by atoms with Gasteiger partial charge < -0.3 is 5.32 Å². The molecule has 0 aromatic heterocycles. The first kappa shape index (κ1) is 22.8. The lowest BCUT2D eigenvalue weighted by Gasteiger charge is -2.21. The second-order valence-corrected chi connectivity index (χ2v) is 12.0. The molecule has 2 aromatic carbocycles. The number of carbonyl (C=O) groups is 3. The van der Waals surface area contributed by atoms with Gasteiger partial charge in [-0.1, -0.05) is 60.4 Å². The SMILES string of the molecule is O=C(CN1C(=O)/C(=C2\SC(=S)N([C@@H]3CCS(=O)(=O)C3)C2=O)c2ccccc21)Nc1ccccc1. The maximum Gasteiger partial charge on any atom is 0.267 e. The van der Waals surface area contributed by atoms with Crippen molar-refractivity contribution in [2.45, 2.75) is 12.5 Å². The van der Waals surface area contributed by atoms with Crippen molar-refractivity contribution in [1.82, 2.24) is 4.90 Å². The number of hydrogen-bond acceptors (Lipinski definition) is 7. The molecule has 0 aliphatic carbocycles. The third kappa shape index (κ3) is 4.04. The summed E-state index contributed by atoms with van der Waals surface area (Å²) in [6.07, 6.45) is 0.313. The Morgan fingerprint density at radius 2 is 1.76 bits per heavy atom. The summed E-state index contributed by atoms with van der Waals surface area (Å²) in [7, 11) is -3.22. The van der Waals surface area contributed by atoms with Gasteiger partial charge in [0.15, 0.2) is 9.84 Å². The lowest BCUT2D eigenvalue weighted by Crippen LogP contribution is -2.39. The Labute approximate surface area is 205 Å². The van der Waals surface area contributed by atoms with Gasteiger partial charge in [-0.25, -0.2) is 8.42 Å². The summed E-state index contributed by atoms with van der Waals surface area (Å²) in [5, 5.41) is 2.77. The number of carbonyl (C=O) groups excluding carboxylic acids is 3. The standard InChI is InChI=1S/C23H19N3O5S3/c27-18(24-14-6-2-1-3-7-14)12-25-17-9-5-4-8-16(17)19(21(25)28)20-22(29)26(23(32)33-20)15-10-11-34(30,31)13-15/h1-9,15H,10-13H2,(H,24,27)/b20-19-/t15-/m1/s1. The number of fused-ring (bicyclic) bond motifs is 1. The van der Waals surface area contributed by atoms with E-state index in [2.05, 4.69) is 5.32 Å². The monoisotopic (exact) mass is 513 g/mol. The Balaban J connectivity index is 1.46. The van der Waals surface area contributed by atoms with Gasteiger partial charge in [0.05, 0.1) is 33.7 Å². The van der Waals surface area contributed by atoms with Crippen LogP contribution in [0.2, 0.25) is 0 Å². The minimum atomic E-state index is -3.22. The van der Waals surface area contributed by atoms with Crippen molar-refractivity contribution in [1.29, 1.82) is 0 Å². The fourth-order valence-electron chi connectivity index (χ4n) is 4.35. The zero-order chi connectivity index (χ0) is 24.0. The van der Waals surface area contributed by atoms with Crippen LogP contribution in [0.25, 0.3) is 5.57 Å². The molecular weight excluding hydrogens is 494 g/mol. The van der Waals surface area contributed by atoms with E-state index in [0.717, 1.165) is 11.8 Å². The fourth-order valence-corrected chi connectivity index (χ4v) is 7.52. The number of nitrogens with zero attached hydrogens (tertiary/aromatic N) is 2. The third-order valence-electron chi connectivity index (χ3n) is 5.88. The molecule has 3 heterocycles. The molecule has 1 N–H and O–H groups in total. The zero-order valence-electron chi connectivity index (χ0n) is 17.8. The average molecular weight is 514 g/mol. The number of sulfone groups is 1. The smallest absolute Gasteiger partial charge is 0.267 e. The summed E-state index contributed by atoms with van der Waals surface area (Å²) in [6.45, 7) is -0.227. The van der Waals surface area contributed by atoms with Gasteiger partial charge in [0.2, 0.25) is 5.91 Å². The highest BCUT2D eigenvalue weighted by Crippen LogP contribution is 2.45. The molecule has 0 bridgehead atoms. The summed E-state index contributed by atoms with van der Waals surface area (Å²) in [5.74, 6) is -1.44. The quantitative estimate of drug-likeness (QED) is 0.495. The molecule has 0 saturated carbocycles. The number of rotatable bonds is 4. The van der Waals surface area contributed by atoms with E-state index >= 15 is 0 Å². The molecule has 2 fully saturated rings. The third-order valence-corrected chi connectivity index (χ3v) is 9.03. The van der Waals surface area contributed by atoms with E-state index < -0.39 is 27.7 Å².